The van der Waals surface area contributed by atoms with Gasteiger partial charge in [0.2, 0.25) is 0 Å². The lowest BCUT2D eigenvalue weighted by Crippen LogP contribution is -2.06. The fraction of sp³-hybridized carbons (Fsp3) is 0.455. The molecule has 0 aromatic heterocycles. The molecule has 5 heteroatoms. The van der Waals surface area contributed by atoms with Gasteiger partial charge in [0.25, 0.3) is 0 Å². The van der Waals surface area contributed by atoms with Gasteiger partial charge < -0.3 is 14.3 Å². The van der Waals surface area contributed by atoms with Crippen LogP contribution in [0.4, 0.5) is 0 Å². The fourth-order valence-electron chi connectivity index (χ4n) is 1.59. The van der Waals surface area contributed by atoms with E-state index in [9.17, 15) is 0 Å². The van der Waals surface area contributed by atoms with Crippen molar-refractivity contribution >= 4 is 11.6 Å². The molecule has 4 nitrogen and oxygen atoms in total. The summed E-state index contributed by atoms with van der Waals surface area (Å²) in [6, 6.07) is 1.89. The van der Waals surface area contributed by atoms with Crippen molar-refractivity contribution in [2.75, 3.05) is 20.8 Å². The SMILES string of the molecule is COc1cc(C)c(OC)c(Cl)c1CCON. The van der Waals surface area contributed by atoms with Crippen molar-refractivity contribution in [3.8, 4) is 11.5 Å². The van der Waals surface area contributed by atoms with Crippen LogP contribution in [0.5, 0.6) is 11.5 Å². The number of hydrogen-bond donors (Lipinski definition) is 1. The van der Waals surface area contributed by atoms with Crippen LogP contribution in [0.25, 0.3) is 0 Å². The number of hydrogen-bond acceptors (Lipinski definition) is 4. The Morgan fingerprint density at radius 2 is 2.00 bits per heavy atom. The van der Waals surface area contributed by atoms with Crippen molar-refractivity contribution in [3.63, 3.8) is 0 Å². The van der Waals surface area contributed by atoms with Gasteiger partial charge in [0.1, 0.15) is 11.5 Å². The van der Waals surface area contributed by atoms with Gasteiger partial charge in [0.15, 0.2) is 0 Å². The lowest BCUT2D eigenvalue weighted by molar-refractivity contribution is 0.140. The van der Waals surface area contributed by atoms with Crippen LogP contribution < -0.4 is 15.4 Å². The van der Waals surface area contributed by atoms with Gasteiger partial charge in [-0.1, -0.05) is 11.6 Å². The Hall–Kier alpha value is -0.970. The summed E-state index contributed by atoms with van der Waals surface area (Å²) < 4.78 is 10.5. The van der Waals surface area contributed by atoms with Gasteiger partial charge in [0.05, 0.1) is 25.8 Å². The van der Waals surface area contributed by atoms with Crippen LogP contribution in [0.3, 0.4) is 0 Å². The maximum atomic E-state index is 6.23. The first-order chi connectivity index (χ1) is 7.65. The predicted octanol–water partition coefficient (Wildman–Crippen LogP) is 2.10. The lowest BCUT2D eigenvalue weighted by Gasteiger charge is -2.15. The van der Waals surface area contributed by atoms with Crippen LogP contribution in [0.2, 0.25) is 5.02 Å². The molecule has 0 aliphatic carbocycles. The van der Waals surface area contributed by atoms with E-state index in [0.717, 1.165) is 16.9 Å². The highest BCUT2D eigenvalue weighted by Crippen LogP contribution is 2.38. The summed E-state index contributed by atoms with van der Waals surface area (Å²) in [6.45, 7) is 2.29. The fourth-order valence-corrected chi connectivity index (χ4v) is 2.01. The number of benzene rings is 1. The van der Waals surface area contributed by atoms with Crippen LogP contribution >= 0.6 is 11.6 Å². The zero-order chi connectivity index (χ0) is 12.1. The number of halogens is 1. The van der Waals surface area contributed by atoms with Crippen LogP contribution in [0.15, 0.2) is 6.07 Å². The monoisotopic (exact) mass is 245 g/mol. The molecule has 0 spiro atoms. The van der Waals surface area contributed by atoms with E-state index in [1.54, 1.807) is 14.2 Å². The minimum atomic E-state index is 0.377. The van der Waals surface area contributed by atoms with E-state index >= 15 is 0 Å². The maximum Gasteiger partial charge on any atom is 0.140 e. The molecule has 0 aliphatic heterocycles. The smallest absolute Gasteiger partial charge is 0.140 e. The molecular formula is C11H16ClNO3. The molecular weight excluding hydrogens is 230 g/mol. The number of ether oxygens (including phenoxy) is 2. The van der Waals surface area contributed by atoms with Crippen molar-refractivity contribution in [1.82, 2.24) is 0 Å². The second kappa shape index (κ2) is 5.94. The van der Waals surface area contributed by atoms with Crippen molar-refractivity contribution in [2.45, 2.75) is 13.3 Å². The molecule has 0 aliphatic rings. The average Bonchev–Trinajstić information content (AvgIpc) is 2.28. The van der Waals surface area contributed by atoms with Crippen molar-refractivity contribution in [3.05, 3.63) is 22.2 Å². The Labute approximate surface area is 100 Å². The molecule has 0 fully saturated rings. The predicted molar refractivity (Wildman–Crippen MR) is 63.1 cm³/mol. The first kappa shape index (κ1) is 13.1. The number of aryl methyl sites for hydroxylation is 1. The van der Waals surface area contributed by atoms with E-state index in [4.69, 9.17) is 27.0 Å². The summed E-state index contributed by atoms with van der Waals surface area (Å²) in [6.07, 6.45) is 0.579. The Morgan fingerprint density at radius 3 is 2.50 bits per heavy atom. The van der Waals surface area contributed by atoms with Crippen molar-refractivity contribution in [1.29, 1.82) is 0 Å². The summed E-state index contributed by atoms with van der Waals surface area (Å²) >= 11 is 6.23. The molecule has 0 atom stereocenters. The van der Waals surface area contributed by atoms with Gasteiger partial charge in [-0.3, -0.25) is 0 Å². The molecule has 90 valence electrons. The zero-order valence-electron chi connectivity index (χ0n) is 9.67. The molecule has 1 aromatic carbocycles. The topological polar surface area (TPSA) is 53.7 Å². The molecule has 0 heterocycles. The molecule has 0 saturated heterocycles. The van der Waals surface area contributed by atoms with Crippen molar-refractivity contribution in [2.24, 2.45) is 5.90 Å². The Kier molecular flexibility index (Phi) is 4.86. The summed E-state index contributed by atoms with van der Waals surface area (Å²) in [7, 11) is 3.19. The largest absolute Gasteiger partial charge is 0.496 e. The quantitative estimate of drug-likeness (QED) is 0.808. The Bertz CT molecular complexity index is 369. The molecule has 0 unspecified atom stereocenters. The van der Waals surface area contributed by atoms with Gasteiger partial charge in [0, 0.05) is 12.0 Å². The number of nitrogens with two attached hydrogens (primary N) is 1. The Morgan fingerprint density at radius 1 is 1.31 bits per heavy atom. The first-order valence-corrected chi connectivity index (χ1v) is 5.25. The normalized spacial score (nSPS) is 10.3. The van der Waals surface area contributed by atoms with Crippen molar-refractivity contribution < 1.29 is 14.3 Å². The molecule has 2 N–H and O–H groups in total. The molecule has 0 radical (unpaired) electrons. The van der Waals surface area contributed by atoms with Crippen LogP contribution in [-0.2, 0) is 11.3 Å². The number of methoxy groups -OCH3 is 2. The third-order valence-corrected chi connectivity index (χ3v) is 2.76. The third-order valence-electron chi connectivity index (χ3n) is 2.36. The summed E-state index contributed by atoms with van der Waals surface area (Å²) in [5.41, 5.74) is 1.78. The van der Waals surface area contributed by atoms with Crippen LogP contribution in [0, 0.1) is 6.92 Å². The van der Waals surface area contributed by atoms with Crippen LogP contribution in [0.1, 0.15) is 11.1 Å². The van der Waals surface area contributed by atoms with Crippen LogP contribution in [-0.4, -0.2) is 20.8 Å². The highest BCUT2D eigenvalue weighted by atomic mass is 35.5. The minimum absolute atomic E-state index is 0.377. The van der Waals surface area contributed by atoms with E-state index in [1.165, 1.54) is 0 Å². The molecule has 0 bridgehead atoms. The molecule has 1 rings (SSSR count). The van der Waals surface area contributed by atoms with E-state index in [-0.39, 0.29) is 0 Å². The Balaban J connectivity index is 3.20. The maximum absolute atomic E-state index is 6.23. The second-order valence-electron chi connectivity index (χ2n) is 3.34. The second-order valence-corrected chi connectivity index (χ2v) is 3.72. The minimum Gasteiger partial charge on any atom is -0.496 e. The van der Waals surface area contributed by atoms with Gasteiger partial charge in [-0.15, -0.1) is 0 Å². The summed E-state index contributed by atoms with van der Waals surface area (Å²) in [5.74, 6) is 6.39. The highest BCUT2D eigenvalue weighted by Gasteiger charge is 2.15. The number of rotatable bonds is 5. The average molecular weight is 246 g/mol. The highest BCUT2D eigenvalue weighted by molar-refractivity contribution is 6.33. The third kappa shape index (κ3) is 2.58. The van der Waals surface area contributed by atoms with Gasteiger partial charge in [-0.05, 0) is 18.6 Å². The first-order valence-electron chi connectivity index (χ1n) is 4.87. The molecule has 16 heavy (non-hydrogen) atoms. The van der Waals surface area contributed by atoms with E-state index in [0.29, 0.717) is 23.8 Å². The van der Waals surface area contributed by atoms with Gasteiger partial charge >= 0.3 is 0 Å². The van der Waals surface area contributed by atoms with Gasteiger partial charge in [-0.25, -0.2) is 5.90 Å². The summed E-state index contributed by atoms with van der Waals surface area (Å²) in [4.78, 5) is 4.55. The summed E-state index contributed by atoms with van der Waals surface area (Å²) in [5, 5.41) is 0.552. The standard InChI is InChI=1S/C11H16ClNO3/c1-7-6-9(14-2)8(4-5-16-13)10(12)11(7)15-3/h6H,4-5,13H2,1-3H3. The molecule has 1 aromatic rings. The molecule has 0 amide bonds. The van der Waals surface area contributed by atoms with E-state index in [2.05, 4.69) is 4.84 Å². The molecule has 0 saturated carbocycles. The zero-order valence-corrected chi connectivity index (χ0v) is 10.4. The van der Waals surface area contributed by atoms with E-state index in [1.807, 2.05) is 13.0 Å². The van der Waals surface area contributed by atoms with Gasteiger partial charge in [-0.2, -0.15) is 0 Å². The lowest BCUT2D eigenvalue weighted by atomic mass is 10.1. The van der Waals surface area contributed by atoms with E-state index < -0.39 is 0 Å².